The summed E-state index contributed by atoms with van der Waals surface area (Å²) in [5.41, 5.74) is 0.681. The van der Waals surface area contributed by atoms with E-state index in [1.54, 1.807) is 18.4 Å². The molecular formula is C11H20N2OS. The third kappa shape index (κ3) is 2.56. The molecule has 3 nitrogen and oxygen atoms in total. The van der Waals surface area contributed by atoms with Gasteiger partial charge in [0, 0.05) is 12.5 Å². The molecule has 0 saturated heterocycles. The summed E-state index contributed by atoms with van der Waals surface area (Å²) >= 11 is 1.65. The van der Waals surface area contributed by atoms with Crippen LogP contribution in [0.2, 0.25) is 0 Å². The van der Waals surface area contributed by atoms with Gasteiger partial charge in [-0.2, -0.15) is 0 Å². The zero-order valence-corrected chi connectivity index (χ0v) is 11.2. The summed E-state index contributed by atoms with van der Waals surface area (Å²) < 4.78 is 5.41. The Labute approximate surface area is 95.9 Å². The van der Waals surface area contributed by atoms with Crippen molar-refractivity contribution in [2.45, 2.75) is 38.8 Å². The zero-order chi connectivity index (χ0) is 11.7. The fraction of sp³-hybridized carbons (Fsp3) is 0.727. The number of ether oxygens (including phenoxy) is 1. The Hall–Kier alpha value is -0.450. The Morgan fingerprint density at radius 3 is 2.40 bits per heavy atom. The smallest absolute Gasteiger partial charge is 0.124 e. The van der Waals surface area contributed by atoms with Gasteiger partial charge in [-0.3, -0.25) is 0 Å². The van der Waals surface area contributed by atoms with Gasteiger partial charge in [0.15, 0.2) is 0 Å². The van der Waals surface area contributed by atoms with Crippen LogP contribution in [0.25, 0.3) is 0 Å². The van der Waals surface area contributed by atoms with Crippen LogP contribution in [-0.4, -0.2) is 19.1 Å². The van der Waals surface area contributed by atoms with E-state index >= 15 is 0 Å². The quantitative estimate of drug-likeness (QED) is 0.859. The van der Waals surface area contributed by atoms with E-state index in [4.69, 9.17) is 4.74 Å². The van der Waals surface area contributed by atoms with Crippen molar-refractivity contribution in [1.82, 2.24) is 10.3 Å². The van der Waals surface area contributed by atoms with Gasteiger partial charge in [0.2, 0.25) is 0 Å². The summed E-state index contributed by atoms with van der Waals surface area (Å²) in [6.45, 7) is 8.29. The Kier molecular flexibility index (Phi) is 3.53. The highest BCUT2D eigenvalue weighted by atomic mass is 32.1. The number of thiazole rings is 1. The molecule has 4 heteroatoms. The summed E-state index contributed by atoms with van der Waals surface area (Å²) in [5.74, 6) is 0. The molecule has 0 unspecified atom stereocenters. The molecular weight excluding hydrogens is 208 g/mol. The average Bonchev–Trinajstić information content (AvgIpc) is 2.67. The van der Waals surface area contributed by atoms with Crippen LogP contribution >= 0.6 is 11.3 Å². The number of nitrogens with one attached hydrogen (secondary N) is 1. The van der Waals surface area contributed by atoms with E-state index in [0.717, 1.165) is 10.7 Å². The first-order chi connectivity index (χ1) is 6.83. The van der Waals surface area contributed by atoms with Gasteiger partial charge in [-0.15, -0.1) is 11.3 Å². The van der Waals surface area contributed by atoms with Gasteiger partial charge in [0.25, 0.3) is 0 Å². The number of rotatable bonds is 4. The largest absolute Gasteiger partial charge is 0.372 e. The van der Waals surface area contributed by atoms with Crippen molar-refractivity contribution in [3.63, 3.8) is 0 Å². The Balaban J connectivity index is 3.00. The van der Waals surface area contributed by atoms with Gasteiger partial charge in [0.05, 0.1) is 11.2 Å². The van der Waals surface area contributed by atoms with Crippen LogP contribution in [0.15, 0.2) is 5.38 Å². The molecule has 0 aromatic carbocycles. The summed E-state index contributed by atoms with van der Waals surface area (Å²) in [7, 11) is 3.66. The predicted octanol–water partition coefficient (Wildman–Crippen LogP) is 2.48. The van der Waals surface area contributed by atoms with Crippen LogP contribution in [0.3, 0.4) is 0 Å². The Morgan fingerprint density at radius 2 is 1.93 bits per heavy atom. The fourth-order valence-corrected chi connectivity index (χ4v) is 2.14. The summed E-state index contributed by atoms with van der Waals surface area (Å²) in [6.07, 6.45) is 0. The molecule has 1 aromatic rings. The van der Waals surface area contributed by atoms with E-state index < -0.39 is 0 Å². The summed E-state index contributed by atoms with van der Waals surface area (Å²) in [5, 5.41) is 6.35. The van der Waals surface area contributed by atoms with Gasteiger partial charge in [-0.25, -0.2) is 4.98 Å². The van der Waals surface area contributed by atoms with E-state index in [9.17, 15) is 0 Å². The molecule has 0 fully saturated rings. The van der Waals surface area contributed by atoms with Crippen molar-refractivity contribution in [1.29, 1.82) is 0 Å². The molecule has 1 rings (SSSR count). The van der Waals surface area contributed by atoms with Crippen molar-refractivity contribution in [3.05, 3.63) is 16.1 Å². The highest BCUT2D eigenvalue weighted by molar-refractivity contribution is 7.09. The second kappa shape index (κ2) is 4.20. The first-order valence-electron chi connectivity index (χ1n) is 5.04. The van der Waals surface area contributed by atoms with Crippen molar-refractivity contribution in [2.24, 2.45) is 0 Å². The van der Waals surface area contributed by atoms with Crippen LogP contribution in [0.5, 0.6) is 0 Å². The lowest BCUT2D eigenvalue weighted by atomic mass is 10.0. The molecule has 1 N–H and O–H groups in total. The molecule has 0 aliphatic carbocycles. The maximum absolute atomic E-state index is 5.41. The fourth-order valence-electron chi connectivity index (χ4n) is 1.05. The van der Waals surface area contributed by atoms with Crippen molar-refractivity contribution in [3.8, 4) is 0 Å². The van der Waals surface area contributed by atoms with Crippen molar-refractivity contribution < 1.29 is 4.74 Å². The zero-order valence-electron chi connectivity index (χ0n) is 10.3. The molecule has 86 valence electrons. The number of nitrogens with zero attached hydrogens (tertiary/aromatic N) is 1. The topological polar surface area (TPSA) is 34.1 Å². The third-order valence-corrected chi connectivity index (χ3v) is 3.94. The highest BCUT2D eigenvalue weighted by Gasteiger charge is 2.27. The maximum atomic E-state index is 5.41. The SMILES string of the molecule is CNC(C)(C)c1csc(C(C)(C)OC)n1. The lowest BCUT2D eigenvalue weighted by molar-refractivity contribution is 0.0188. The Morgan fingerprint density at radius 1 is 1.33 bits per heavy atom. The van der Waals surface area contributed by atoms with Gasteiger partial charge in [-0.1, -0.05) is 0 Å². The van der Waals surface area contributed by atoms with Gasteiger partial charge in [-0.05, 0) is 34.7 Å². The molecule has 0 amide bonds. The molecule has 0 atom stereocenters. The highest BCUT2D eigenvalue weighted by Crippen LogP contribution is 2.30. The molecule has 0 bridgehead atoms. The van der Waals surface area contributed by atoms with Crippen LogP contribution in [0.1, 0.15) is 38.4 Å². The van der Waals surface area contributed by atoms with E-state index in [1.807, 2.05) is 20.9 Å². The minimum absolute atomic E-state index is 0.0848. The first kappa shape index (κ1) is 12.6. The van der Waals surface area contributed by atoms with E-state index in [-0.39, 0.29) is 11.1 Å². The minimum Gasteiger partial charge on any atom is -0.372 e. The summed E-state index contributed by atoms with van der Waals surface area (Å²) in [6, 6.07) is 0. The standard InChI is InChI=1S/C11H20N2OS/c1-10(2,12-5)8-7-15-9(13-8)11(3,4)14-6/h7,12H,1-6H3. The van der Waals surface area contributed by atoms with Crippen LogP contribution in [0.4, 0.5) is 0 Å². The molecule has 0 aliphatic heterocycles. The number of aromatic nitrogens is 1. The molecule has 1 aromatic heterocycles. The molecule has 0 aliphatic rings. The third-order valence-electron chi connectivity index (χ3n) is 2.79. The van der Waals surface area contributed by atoms with Gasteiger partial charge < -0.3 is 10.1 Å². The first-order valence-corrected chi connectivity index (χ1v) is 5.92. The minimum atomic E-state index is -0.299. The van der Waals surface area contributed by atoms with Crippen LogP contribution < -0.4 is 5.32 Å². The monoisotopic (exact) mass is 228 g/mol. The van der Waals surface area contributed by atoms with Crippen LogP contribution in [-0.2, 0) is 15.9 Å². The van der Waals surface area contributed by atoms with Crippen molar-refractivity contribution in [2.75, 3.05) is 14.2 Å². The van der Waals surface area contributed by atoms with E-state index in [1.165, 1.54) is 0 Å². The van der Waals surface area contributed by atoms with E-state index in [2.05, 4.69) is 29.5 Å². The lowest BCUT2D eigenvalue weighted by Crippen LogP contribution is -2.33. The second-order valence-electron chi connectivity index (χ2n) is 4.63. The maximum Gasteiger partial charge on any atom is 0.124 e. The molecule has 1 heterocycles. The number of hydrogen-bond donors (Lipinski definition) is 1. The molecule has 0 spiro atoms. The lowest BCUT2D eigenvalue weighted by Gasteiger charge is -2.23. The Bertz CT molecular complexity index is 301. The van der Waals surface area contributed by atoms with Crippen molar-refractivity contribution >= 4 is 11.3 Å². The predicted molar refractivity (Wildman–Crippen MR) is 64.2 cm³/mol. The molecule has 15 heavy (non-hydrogen) atoms. The van der Waals surface area contributed by atoms with Crippen LogP contribution in [0, 0.1) is 0 Å². The average molecular weight is 228 g/mol. The number of methoxy groups -OCH3 is 1. The summed E-state index contributed by atoms with van der Waals surface area (Å²) in [4.78, 5) is 4.63. The molecule has 0 radical (unpaired) electrons. The van der Waals surface area contributed by atoms with Gasteiger partial charge in [0.1, 0.15) is 10.6 Å². The molecule has 0 saturated carbocycles. The van der Waals surface area contributed by atoms with Gasteiger partial charge >= 0.3 is 0 Å². The number of hydrogen-bond acceptors (Lipinski definition) is 4. The second-order valence-corrected chi connectivity index (χ2v) is 5.49. The normalized spacial score (nSPS) is 13.2. The van der Waals surface area contributed by atoms with E-state index in [0.29, 0.717) is 0 Å².